The third kappa shape index (κ3) is 3.14. The van der Waals surface area contributed by atoms with Crippen molar-refractivity contribution in [1.82, 2.24) is 0 Å². The molecule has 0 unspecified atom stereocenters. The van der Waals surface area contributed by atoms with Crippen molar-refractivity contribution in [3.05, 3.63) is 109 Å². The Morgan fingerprint density at radius 2 is 1.21 bits per heavy atom. The van der Waals surface area contributed by atoms with Crippen LogP contribution in [-0.4, -0.2) is 6.54 Å². The first kappa shape index (κ1) is 16.6. The Morgan fingerprint density at radius 1 is 0.571 bits per heavy atom. The second-order valence-electron chi connectivity index (χ2n) is 6.98. The number of fused-ring (bicyclic) bond motifs is 3. The number of para-hydroxylation sites is 2. The van der Waals surface area contributed by atoms with Crippen LogP contribution in [0.4, 0.5) is 11.4 Å². The van der Waals surface area contributed by atoms with Gasteiger partial charge in [-0.2, -0.15) is 0 Å². The molecule has 2 nitrogen and oxygen atoms in total. The summed E-state index contributed by atoms with van der Waals surface area (Å²) in [5, 5.41) is 0. The molecule has 0 saturated heterocycles. The van der Waals surface area contributed by atoms with Crippen molar-refractivity contribution in [1.29, 1.82) is 0 Å². The fourth-order valence-electron chi connectivity index (χ4n) is 3.88. The highest BCUT2D eigenvalue weighted by Crippen LogP contribution is 2.40. The topological polar surface area (TPSA) is 12.5 Å². The quantitative estimate of drug-likeness (QED) is 0.395. The monoisotopic (exact) mass is 363 g/mol. The Labute approximate surface area is 165 Å². The second-order valence-corrected chi connectivity index (χ2v) is 6.98. The maximum Gasteiger partial charge on any atom is 0.127 e. The van der Waals surface area contributed by atoms with Crippen molar-refractivity contribution in [3.8, 4) is 22.6 Å². The lowest BCUT2D eigenvalue weighted by Crippen LogP contribution is -2.19. The lowest BCUT2D eigenvalue weighted by atomic mass is 9.98. The molecule has 0 fully saturated rings. The summed E-state index contributed by atoms with van der Waals surface area (Å²) >= 11 is 0. The summed E-state index contributed by atoms with van der Waals surface area (Å²) in [7, 11) is 0. The number of hydrogen-bond acceptors (Lipinski definition) is 2. The van der Waals surface area contributed by atoms with Crippen LogP contribution in [0.5, 0.6) is 11.5 Å². The molecule has 0 aliphatic carbocycles. The highest BCUT2D eigenvalue weighted by atomic mass is 16.5. The summed E-state index contributed by atoms with van der Waals surface area (Å²) in [5.74, 6) is 1.70. The third-order valence-electron chi connectivity index (χ3n) is 5.23. The molecule has 1 heterocycles. The molecule has 2 heteroatoms. The van der Waals surface area contributed by atoms with E-state index >= 15 is 0 Å². The Balaban J connectivity index is 1.48. The van der Waals surface area contributed by atoms with Crippen molar-refractivity contribution < 1.29 is 4.74 Å². The van der Waals surface area contributed by atoms with Gasteiger partial charge in [-0.05, 0) is 60.0 Å². The SMILES string of the molecule is c1ccc(Oc2ccc(N3CCc4ccccc4-c4ccccc43)cc2)cc1. The number of benzene rings is 4. The van der Waals surface area contributed by atoms with Gasteiger partial charge in [0.2, 0.25) is 0 Å². The van der Waals surface area contributed by atoms with E-state index in [1.807, 2.05) is 42.5 Å². The molecule has 5 rings (SSSR count). The van der Waals surface area contributed by atoms with Crippen LogP contribution in [0.3, 0.4) is 0 Å². The minimum Gasteiger partial charge on any atom is -0.457 e. The summed E-state index contributed by atoms with van der Waals surface area (Å²) in [4.78, 5) is 2.40. The molecule has 4 aromatic rings. The lowest BCUT2D eigenvalue weighted by Gasteiger charge is -2.25. The largest absolute Gasteiger partial charge is 0.457 e. The van der Waals surface area contributed by atoms with E-state index < -0.39 is 0 Å². The maximum absolute atomic E-state index is 5.95. The van der Waals surface area contributed by atoms with Crippen LogP contribution in [0.25, 0.3) is 11.1 Å². The molecular weight excluding hydrogens is 342 g/mol. The number of anilines is 2. The minimum absolute atomic E-state index is 0.848. The van der Waals surface area contributed by atoms with Crippen molar-refractivity contribution in [2.24, 2.45) is 0 Å². The van der Waals surface area contributed by atoms with Crippen molar-refractivity contribution in [2.75, 3.05) is 11.4 Å². The summed E-state index contributed by atoms with van der Waals surface area (Å²) in [5.41, 5.74) is 6.47. The Kier molecular flexibility index (Phi) is 4.30. The van der Waals surface area contributed by atoms with Gasteiger partial charge in [-0.1, -0.05) is 60.7 Å². The van der Waals surface area contributed by atoms with Crippen LogP contribution >= 0.6 is 0 Å². The molecule has 0 radical (unpaired) electrons. The van der Waals surface area contributed by atoms with Gasteiger partial charge in [0.15, 0.2) is 0 Å². The van der Waals surface area contributed by atoms with Crippen molar-refractivity contribution in [3.63, 3.8) is 0 Å². The zero-order valence-electron chi connectivity index (χ0n) is 15.6. The number of ether oxygens (including phenoxy) is 1. The Bertz CT molecular complexity index is 1090. The molecule has 28 heavy (non-hydrogen) atoms. The highest BCUT2D eigenvalue weighted by Gasteiger charge is 2.20. The Morgan fingerprint density at radius 3 is 2.04 bits per heavy atom. The van der Waals surface area contributed by atoms with E-state index in [4.69, 9.17) is 4.74 Å². The van der Waals surface area contributed by atoms with Crippen molar-refractivity contribution >= 4 is 11.4 Å². The van der Waals surface area contributed by atoms with E-state index in [1.54, 1.807) is 0 Å². The van der Waals surface area contributed by atoms with E-state index in [0.717, 1.165) is 24.5 Å². The van der Waals surface area contributed by atoms with Gasteiger partial charge < -0.3 is 9.64 Å². The second kappa shape index (κ2) is 7.24. The van der Waals surface area contributed by atoms with E-state index in [0.29, 0.717) is 0 Å². The molecule has 0 aromatic heterocycles. The minimum atomic E-state index is 0.848. The first-order valence-corrected chi connectivity index (χ1v) is 9.66. The van der Waals surface area contributed by atoms with E-state index in [1.165, 1.54) is 28.1 Å². The molecule has 0 atom stereocenters. The number of nitrogens with zero attached hydrogens (tertiary/aromatic N) is 1. The smallest absolute Gasteiger partial charge is 0.127 e. The average Bonchev–Trinajstić information content (AvgIpc) is 2.93. The number of rotatable bonds is 3. The normalized spacial score (nSPS) is 12.6. The van der Waals surface area contributed by atoms with E-state index in [9.17, 15) is 0 Å². The van der Waals surface area contributed by atoms with Crippen LogP contribution in [0.1, 0.15) is 5.56 Å². The van der Waals surface area contributed by atoms with Crippen LogP contribution in [0, 0.1) is 0 Å². The zero-order valence-corrected chi connectivity index (χ0v) is 15.6. The van der Waals surface area contributed by atoms with Crippen LogP contribution in [-0.2, 0) is 6.42 Å². The molecule has 136 valence electrons. The van der Waals surface area contributed by atoms with E-state index in [2.05, 4.69) is 65.6 Å². The van der Waals surface area contributed by atoms with Gasteiger partial charge in [-0.3, -0.25) is 0 Å². The van der Waals surface area contributed by atoms with Crippen molar-refractivity contribution in [2.45, 2.75) is 6.42 Å². The standard InChI is InChI=1S/C26H21NO/c1-2-9-22(10-3-1)28-23-16-14-21(15-17-23)27-19-18-20-8-4-5-11-24(20)25-12-6-7-13-26(25)27/h1-17H,18-19H2. The lowest BCUT2D eigenvalue weighted by molar-refractivity contribution is 0.482. The van der Waals surface area contributed by atoms with Crippen LogP contribution in [0.15, 0.2) is 103 Å². The molecule has 0 saturated carbocycles. The molecule has 0 spiro atoms. The fraction of sp³-hybridized carbons (Fsp3) is 0.0769. The predicted octanol–water partition coefficient (Wildman–Crippen LogP) is 6.84. The summed E-state index contributed by atoms with van der Waals surface area (Å²) in [6.45, 7) is 0.951. The van der Waals surface area contributed by atoms with E-state index in [-0.39, 0.29) is 0 Å². The van der Waals surface area contributed by atoms with Gasteiger partial charge in [0.25, 0.3) is 0 Å². The first-order chi connectivity index (χ1) is 13.9. The molecular formula is C26H21NO. The maximum atomic E-state index is 5.95. The van der Waals surface area contributed by atoms with Gasteiger partial charge in [0.05, 0.1) is 0 Å². The third-order valence-corrected chi connectivity index (χ3v) is 5.23. The first-order valence-electron chi connectivity index (χ1n) is 9.66. The summed E-state index contributed by atoms with van der Waals surface area (Å²) < 4.78 is 5.95. The number of hydrogen-bond donors (Lipinski definition) is 0. The molecule has 4 aromatic carbocycles. The summed E-state index contributed by atoms with van der Waals surface area (Å²) in [6.07, 6.45) is 1.02. The molecule has 1 aliphatic heterocycles. The summed E-state index contributed by atoms with van der Waals surface area (Å²) in [6, 6.07) is 35.7. The van der Waals surface area contributed by atoms with Gasteiger partial charge in [-0.25, -0.2) is 0 Å². The molecule has 0 bridgehead atoms. The van der Waals surface area contributed by atoms with Gasteiger partial charge in [0.1, 0.15) is 11.5 Å². The predicted molar refractivity (Wildman–Crippen MR) is 116 cm³/mol. The van der Waals surface area contributed by atoms with Crippen LogP contribution in [0.2, 0.25) is 0 Å². The molecule has 0 amide bonds. The van der Waals surface area contributed by atoms with Gasteiger partial charge in [-0.15, -0.1) is 0 Å². The average molecular weight is 363 g/mol. The Hall–Kier alpha value is -3.52. The highest BCUT2D eigenvalue weighted by molar-refractivity contribution is 5.85. The fourth-order valence-corrected chi connectivity index (χ4v) is 3.88. The van der Waals surface area contributed by atoms with Crippen LogP contribution < -0.4 is 9.64 Å². The van der Waals surface area contributed by atoms with Gasteiger partial charge in [0, 0.05) is 23.5 Å². The zero-order chi connectivity index (χ0) is 18.8. The molecule has 1 aliphatic rings. The van der Waals surface area contributed by atoms with Gasteiger partial charge >= 0.3 is 0 Å². The molecule has 0 N–H and O–H groups in total.